The molecule has 0 radical (unpaired) electrons. The summed E-state index contributed by atoms with van der Waals surface area (Å²) in [7, 11) is 0. The number of nitrogens with one attached hydrogen (secondary N) is 2. The Morgan fingerprint density at radius 2 is 2.06 bits per heavy atom. The average molecular weight is 247 g/mol. The maximum absolute atomic E-state index is 12.0. The fourth-order valence-electron chi connectivity index (χ4n) is 1.71. The minimum Gasteiger partial charge on any atom is -0.275 e. The van der Waals surface area contributed by atoms with Gasteiger partial charge < -0.3 is 0 Å². The van der Waals surface area contributed by atoms with E-state index in [1.165, 1.54) is 0 Å². The quantitative estimate of drug-likeness (QED) is 0.747. The second kappa shape index (κ2) is 4.48. The molecule has 94 valence electrons. The second-order valence-electron chi connectivity index (χ2n) is 4.13. The zero-order chi connectivity index (χ0) is 13.3. The Kier molecular flexibility index (Phi) is 3.01. The molecule has 0 spiro atoms. The lowest BCUT2D eigenvalue weighted by Gasteiger charge is -2.16. The van der Waals surface area contributed by atoms with E-state index >= 15 is 0 Å². The zero-order valence-electron chi connectivity index (χ0n) is 10.1. The highest BCUT2D eigenvalue weighted by Gasteiger charge is 2.28. The molecule has 0 unspecified atom stereocenters. The van der Waals surface area contributed by atoms with Gasteiger partial charge in [0.05, 0.1) is 0 Å². The minimum absolute atomic E-state index is 0.157. The van der Waals surface area contributed by atoms with E-state index in [-0.39, 0.29) is 6.54 Å². The first-order valence-electron chi connectivity index (χ1n) is 5.47. The van der Waals surface area contributed by atoms with Gasteiger partial charge >= 0.3 is 6.03 Å². The number of amides is 4. The largest absolute Gasteiger partial charge is 0.343 e. The van der Waals surface area contributed by atoms with Crippen molar-refractivity contribution in [3.63, 3.8) is 0 Å². The maximum atomic E-state index is 12.0. The van der Waals surface area contributed by atoms with Crippen LogP contribution in [-0.2, 0) is 4.79 Å². The Morgan fingerprint density at radius 3 is 2.67 bits per heavy atom. The molecule has 1 fully saturated rings. The van der Waals surface area contributed by atoms with Gasteiger partial charge in [-0.25, -0.2) is 9.80 Å². The average Bonchev–Trinajstić information content (AvgIpc) is 2.61. The number of imide groups is 1. The van der Waals surface area contributed by atoms with Crippen LogP contribution in [0.25, 0.3) is 0 Å². The van der Waals surface area contributed by atoms with Crippen LogP contribution >= 0.6 is 0 Å². The van der Waals surface area contributed by atoms with E-state index < -0.39 is 17.8 Å². The van der Waals surface area contributed by atoms with Crippen molar-refractivity contribution in [1.29, 1.82) is 0 Å². The van der Waals surface area contributed by atoms with E-state index in [4.69, 9.17) is 0 Å². The summed E-state index contributed by atoms with van der Waals surface area (Å²) in [5.41, 5.74) is 4.73. The van der Waals surface area contributed by atoms with Crippen LogP contribution in [0.3, 0.4) is 0 Å². The Bertz CT molecular complexity index is 539. The molecule has 1 aliphatic rings. The topological polar surface area (TPSA) is 78.5 Å². The first-order valence-corrected chi connectivity index (χ1v) is 5.47. The number of aryl methyl sites for hydroxylation is 1. The third-order valence-electron chi connectivity index (χ3n) is 2.88. The van der Waals surface area contributed by atoms with Crippen LogP contribution in [0.2, 0.25) is 0 Å². The van der Waals surface area contributed by atoms with Gasteiger partial charge in [0.15, 0.2) is 0 Å². The number of hydrogen-bond acceptors (Lipinski definition) is 3. The number of hydrogen-bond donors (Lipinski definition) is 2. The van der Waals surface area contributed by atoms with Crippen molar-refractivity contribution in [1.82, 2.24) is 15.8 Å². The molecule has 2 rings (SSSR count). The highest BCUT2D eigenvalue weighted by Crippen LogP contribution is 2.12. The molecule has 0 atom stereocenters. The predicted octanol–water partition coefficient (Wildman–Crippen LogP) is 0.500. The summed E-state index contributed by atoms with van der Waals surface area (Å²) in [5.74, 6) is -0.831. The SMILES string of the molecule is Cc1cccc(C(=O)NN2CC(=O)NC2=O)c1C. The molecule has 2 N–H and O–H groups in total. The first kappa shape index (κ1) is 12.1. The standard InChI is InChI=1S/C12H13N3O3/c1-7-4-3-5-9(8(7)2)11(17)14-15-6-10(16)13-12(15)18/h3-5H,6H2,1-2H3,(H,14,17)(H,13,16,18). The molecule has 1 aliphatic heterocycles. The van der Waals surface area contributed by atoms with Crippen molar-refractivity contribution in [3.05, 3.63) is 34.9 Å². The van der Waals surface area contributed by atoms with E-state index in [0.29, 0.717) is 5.56 Å². The monoisotopic (exact) mass is 247 g/mol. The number of hydrazine groups is 1. The van der Waals surface area contributed by atoms with E-state index in [9.17, 15) is 14.4 Å². The molecule has 4 amide bonds. The fraction of sp³-hybridized carbons (Fsp3) is 0.250. The number of nitrogens with zero attached hydrogens (tertiary/aromatic N) is 1. The summed E-state index contributed by atoms with van der Waals surface area (Å²) in [6.45, 7) is 3.58. The maximum Gasteiger partial charge on any atom is 0.343 e. The van der Waals surface area contributed by atoms with E-state index in [0.717, 1.165) is 16.1 Å². The van der Waals surface area contributed by atoms with Crippen molar-refractivity contribution in [2.45, 2.75) is 13.8 Å². The lowest BCUT2D eigenvalue weighted by atomic mass is 10.0. The van der Waals surface area contributed by atoms with Gasteiger partial charge in [-0.2, -0.15) is 0 Å². The van der Waals surface area contributed by atoms with E-state index in [1.54, 1.807) is 12.1 Å². The molecule has 1 aromatic carbocycles. The molecule has 0 bridgehead atoms. The molecule has 1 heterocycles. The summed E-state index contributed by atoms with van der Waals surface area (Å²) < 4.78 is 0. The molecule has 1 aromatic rings. The van der Waals surface area contributed by atoms with Crippen molar-refractivity contribution in [2.75, 3.05) is 6.54 Å². The summed E-state index contributed by atoms with van der Waals surface area (Å²) in [4.78, 5) is 34.2. The summed E-state index contributed by atoms with van der Waals surface area (Å²) in [5, 5.41) is 3.05. The molecular formula is C12H13N3O3. The fourth-order valence-corrected chi connectivity index (χ4v) is 1.71. The summed E-state index contributed by atoms with van der Waals surface area (Å²) in [6.07, 6.45) is 0. The minimum atomic E-state index is -0.612. The van der Waals surface area contributed by atoms with Gasteiger partial charge in [0, 0.05) is 5.56 Å². The Hall–Kier alpha value is -2.37. The number of rotatable bonds is 2. The van der Waals surface area contributed by atoms with E-state index in [2.05, 4.69) is 10.7 Å². The Morgan fingerprint density at radius 1 is 1.33 bits per heavy atom. The van der Waals surface area contributed by atoms with Gasteiger partial charge in [-0.1, -0.05) is 12.1 Å². The zero-order valence-corrected chi connectivity index (χ0v) is 10.1. The van der Waals surface area contributed by atoms with Crippen LogP contribution in [0.4, 0.5) is 4.79 Å². The van der Waals surface area contributed by atoms with Gasteiger partial charge in [-0.3, -0.25) is 20.3 Å². The highest BCUT2D eigenvalue weighted by atomic mass is 16.2. The number of urea groups is 1. The van der Waals surface area contributed by atoms with Crippen LogP contribution in [0, 0.1) is 13.8 Å². The van der Waals surface area contributed by atoms with Crippen LogP contribution in [0.1, 0.15) is 21.5 Å². The molecule has 6 heteroatoms. The van der Waals surface area contributed by atoms with Crippen LogP contribution < -0.4 is 10.7 Å². The van der Waals surface area contributed by atoms with Gasteiger partial charge in [0.1, 0.15) is 6.54 Å². The molecule has 1 saturated heterocycles. The van der Waals surface area contributed by atoms with Crippen LogP contribution in [-0.4, -0.2) is 29.4 Å². The molecule has 18 heavy (non-hydrogen) atoms. The predicted molar refractivity (Wildman–Crippen MR) is 63.6 cm³/mol. The molecule has 0 saturated carbocycles. The number of benzene rings is 1. The molecule has 0 aliphatic carbocycles. The summed E-state index contributed by atoms with van der Waals surface area (Å²) in [6, 6.07) is 4.73. The van der Waals surface area contributed by atoms with Gasteiger partial charge in [0.2, 0.25) is 5.91 Å². The van der Waals surface area contributed by atoms with Gasteiger partial charge in [0.25, 0.3) is 5.91 Å². The van der Waals surface area contributed by atoms with Crippen molar-refractivity contribution in [3.8, 4) is 0 Å². The Labute approximate surface area is 104 Å². The molecule has 6 nitrogen and oxygen atoms in total. The lowest BCUT2D eigenvalue weighted by molar-refractivity contribution is -0.118. The summed E-state index contributed by atoms with van der Waals surface area (Å²) >= 11 is 0. The Balaban J connectivity index is 2.15. The molecule has 0 aromatic heterocycles. The van der Waals surface area contributed by atoms with Crippen molar-refractivity contribution in [2.24, 2.45) is 0 Å². The van der Waals surface area contributed by atoms with Crippen LogP contribution in [0.5, 0.6) is 0 Å². The normalized spacial score (nSPS) is 14.7. The van der Waals surface area contributed by atoms with Crippen molar-refractivity contribution >= 4 is 17.8 Å². The lowest BCUT2D eigenvalue weighted by Crippen LogP contribution is -2.44. The van der Waals surface area contributed by atoms with Gasteiger partial charge in [-0.05, 0) is 31.0 Å². The van der Waals surface area contributed by atoms with Gasteiger partial charge in [-0.15, -0.1) is 0 Å². The smallest absolute Gasteiger partial charge is 0.275 e. The second-order valence-corrected chi connectivity index (χ2v) is 4.13. The third kappa shape index (κ3) is 2.17. The third-order valence-corrected chi connectivity index (χ3v) is 2.88. The number of carbonyl (C=O) groups is 3. The van der Waals surface area contributed by atoms with Crippen molar-refractivity contribution < 1.29 is 14.4 Å². The van der Waals surface area contributed by atoms with Crippen LogP contribution in [0.15, 0.2) is 18.2 Å². The van der Waals surface area contributed by atoms with E-state index in [1.807, 2.05) is 19.9 Å². The number of carbonyl (C=O) groups excluding carboxylic acids is 3. The highest BCUT2D eigenvalue weighted by molar-refractivity contribution is 6.04. The first-order chi connectivity index (χ1) is 8.49. The molecular weight excluding hydrogens is 234 g/mol.